The molecule has 0 bridgehead atoms. The lowest BCUT2D eigenvalue weighted by atomic mass is 10.1. The van der Waals surface area contributed by atoms with Gasteiger partial charge in [-0.05, 0) is 41.6 Å². The van der Waals surface area contributed by atoms with Gasteiger partial charge in [-0.15, -0.1) is 0 Å². The summed E-state index contributed by atoms with van der Waals surface area (Å²) in [5.41, 5.74) is 0.0354. The van der Waals surface area contributed by atoms with E-state index >= 15 is 0 Å². The van der Waals surface area contributed by atoms with Gasteiger partial charge >= 0.3 is 0 Å². The summed E-state index contributed by atoms with van der Waals surface area (Å²) in [7, 11) is 0. The monoisotopic (exact) mass is 332 g/mol. The first kappa shape index (κ1) is 12.9. The maximum Gasteiger partial charge on any atom is 0.255 e. The van der Waals surface area contributed by atoms with Crippen molar-refractivity contribution in [2.45, 2.75) is 6.92 Å². The van der Waals surface area contributed by atoms with Crippen LogP contribution in [0.15, 0.2) is 18.2 Å². The molecule has 0 aliphatic carbocycles. The van der Waals surface area contributed by atoms with E-state index < -0.39 is 11.7 Å². The summed E-state index contributed by atoms with van der Waals surface area (Å²) in [5.74, 6) is -1.31. The Morgan fingerprint density at radius 1 is 1.69 bits per heavy atom. The number of hydrogen-bond donors (Lipinski definition) is 1. The number of hydrogen-bond acceptors (Lipinski definition) is 2. The minimum Gasteiger partial charge on any atom is -0.351 e. The van der Waals surface area contributed by atoms with Gasteiger partial charge in [-0.1, -0.05) is 6.07 Å². The number of amides is 1. The molecular formula is C11H10FIN2O. The molecule has 0 saturated heterocycles. The van der Waals surface area contributed by atoms with Crippen LogP contribution in [0.5, 0.6) is 0 Å². The van der Waals surface area contributed by atoms with Crippen LogP contribution in [0, 0.1) is 26.6 Å². The van der Waals surface area contributed by atoms with Crippen molar-refractivity contribution in [3.8, 4) is 6.07 Å². The predicted molar refractivity (Wildman–Crippen MR) is 66.2 cm³/mol. The summed E-state index contributed by atoms with van der Waals surface area (Å²) in [6, 6.07) is 6.44. The van der Waals surface area contributed by atoms with E-state index in [9.17, 15) is 9.18 Å². The molecular weight excluding hydrogens is 322 g/mol. The molecule has 1 atom stereocenters. The van der Waals surface area contributed by atoms with Gasteiger partial charge in [0.25, 0.3) is 5.91 Å². The second-order valence-electron chi connectivity index (χ2n) is 3.34. The van der Waals surface area contributed by atoms with Crippen LogP contribution in [0.1, 0.15) is 17.3 Å². The quantitative estimate of drug-likeness (QED) is 0.864. The van der Waals surface area contributed by atoms with Crippen LogP contribution in [0.25, 0.3) is 0 Å². The zero-order chi connectivity index (χ0) is 12.1. The Kier molecular flexibility index (Phi) is 4.68. The molecule has 3 nitrogen and oxygen atoms in total. The van der Waals surface area contributed by atoms with Gasteiger partial charge < -0.3 is 5.32 Å². The van der Waals surface area contributed by atoms with E-state index in [1.807, 2.05) is 28.7 Å². The van der Waals surface area contributed by atoms with Crippen LogP contribution in [0.3, 0.4) is 0 Å². The van der Waals surface area contributed by atoms with Crippen molar-refractivity contribution in [2.24, 2.45) is 5.92 Å². The van der Waals surface area contributed by atoms with Gasteiger partial charge in [-0.2, -0.15) is 5.26 Å². The van der Waals surface area contributed by atoms with Crippen molar-refractivity contribution in [1.82, 2.24) is 5.32 Å². The summed E-state index contributed by atoms with van der Waals surface area (Å²) in [4.78, 5) is 11.6. The maximum absolute atomic E-state index is 13.4. The third kappa shape index (κ3) is 3.17. The van der Waals surface area contributed by atoms with E-state index in [0.29, 0.717) is 3.57 Å². The first-order valence-corrected chi connectivity index (χ1v) is 5.76. The summed E-state index contributed by atoms with van der Waals surface area (Å²) in [6.45, 7) is 1.91. The maximum atomic E-state index is 13.4. The Balaban J connectivity index is 2.78. The normalized spacial score (nSPS) is 11.6. The molecule has 1 aromatic carbocycles. The Hall–Kier alpha value is -1.16. The van der Waals surface area contributed by atoms with Crippen molar-refractivity contribution in [1.29, 1.82) is 5.26 Å². The van der Waals surface area contributed by atoms with Crippen molar-refractivity contribution >= 4 is 28.5 Å². The van der Waals surface area contributed by atoms with Crippen LogP contribution in [-0.2, 0) is 0 Å². The number of nitrogens with one attached hydrogen (secondary N) is 1. The SMILES string of the molecule is C[C@@H](C#N)CNC(=O)c1c(F)cccc1I. The zero-order valence-electron chi connectivity index (χ0n) is 8.63. The van der Waals surface area contributed by atoms with Crippen molar-refractivity contribution in [3.05, 3.63) is 33.1 Å². The van der Waals surface area contributed by atoms with Crippen LogP contribution in [-0.4, -0.2) is 12.5 Å². The molecule has 0 aliphatic rings. The molecule has 1 rings (SSSR count). The van der Waals surface area contributed by atoms with Gasteiger partial charge in [0.2, 0.25) is 0 Å². The van der Waals surface area contributed by atoms with E-state index in [1.54, 1.807) is 19.1 Å². The summed E-state index contributed by atoms with van der Waals surface area (Å²) in [6.07, 6.45) is 0. The van der Waals surface area contributed by atoms with Crippen molar-refractivity contribution < 1.29 is 9.18 Å². The largest absolute Gasteiger partial charge is 0.351 e. The predicted octanol–water partition coefficient (Wildman–Crippen LogP) is 2.32. The molecule has 0 aromatic heterocycles. The molecule has 0 saturated carbocycles. The number of rotatable bonds is 3. The molecule has 1 amide bonds. The second-order valence-corrected chi connectivity index (χ2v) is 4.50. The van der Waals surface area contributed by atoms with Crippen LogP contribution >= 0.6 is 22.6 Å². The first-order valence-electron chi connectivity index (χ1n) is 4.68. The molecule has 0 spiro atoms. The van der Waals surface area contributed by atoms with E-state index in [2.05, 4.69) is 5.32 Å². The number of benzene rings is 1. The third-order valence-electron chi connectivity index (χ3n) is 1.98. The fourth-order valence-electron chi connectivity index (χ4n) is 1.09. The van der Waals surface area contributed by atoms with E-state index in [1.165, 1.54) is 6.07 Å². The molecule has 0 radical (unpaired) electrons. The Morgan fingerprint density at radius 2 is 2.38 bits per heavy atom. The van der Waals surface area contributed by atoms with Gasteiger partial charge in [0, 0.05) is 10.1 Å². The molecule has 0 unspecified atom stereocenters. The van der Waals surface area contributed by atoms with E-state index in [0.717, 1.165) is 0 Å². The van der Waals surface area contributed by atoms with Gasteiger partial charge in [-0.3, -0.25) is 4.79 Å². The Labute approximate surface area is 107 Å². The Morgan fingerprint density at radius 3 is 2.94 bits per heavy atom. The number of nitriles is 1. The van der Waals surface area contributed by atoms with E-state index in [4.69, 9.17) is 5.26 Å². The Bertz CT molecular complexity index is 422. The lowest BCUT2D eigenvalue weighted by Crippen LogP contribution is -2.29. The molecule has 1 N–H and O–H groups in total. The molecule has 5 heteroatoms. The second kappa shape index (κ2) is 5.80. The van der Waals surface area contributed by atoms with Crippen molar-refractivity contribution in [2.75, 3.05) is 6.54 Å². The smallest absolute Gasteiger partial charge is 0.255 e. The minimum absolute atomic E-state index is 0.0354. The highest BCUT2D eigenvalue weighted by Gasteiger charge is 2.15. The number of carbonyl (C=O) groups is 1. The summed E-state index contributed by atoms with van der Waals surface area (Å²) >= 11 is 1.90. The highest BCUT2D eigenvalue weighted by atomic mass is 127. The van der Waals surface area contributed by atoms with E-state index in [-0.39, 0.29) is 18.0 Å². The lowest BCUT2D eigenvalue weighted by molar-refractivity contribution is 0.0946. The first-order chi connectivity index (χ1) is 7.56. The lowest BCUT2D eigenvalue weighted by Gasteiger charge is -2.08. The summed E-state index contributed by atoms with van der Waals surface area (Å²) in [5, 5.41) is 11.1. The molecule has 84 valence electrons. The average molecular weight is 332 g/mol. The summed E-state index contributed by atoms with van der Waals surface area (Å²) < 4.78 is 13.9. The third-order valence-corrected chi connectivity index (χ3v) is 2.88. The van der Waals surface area contributed by atoms with Gasteiger partial charge in [0.1, 0.15) is 5.82 Å². The zero-order valence-corrected chi connectivity index (χ0v) is 10.8. The standard InChI is InChI=1S/C11H10FIN2O/c1-7(5-14)6-15-11(16)10-8(12)3-2-4-9(10)13/h2-4,7H,6H2,1H3,(H,15,16)/t7-/m0/s1. The molecule has 0 fully saturated rings. The van der Waals surface area contributed by atoms with Crippen LogP contribution in [0.4, 0.5) is 4.39 Å². The van der Waals surface area contributed by atoms with Crippen molar-refractivity contribution in [3.63, 3.8) is 0 Å². The van der Waals surface area contributed by atoms with Crippen LogP contribution in [0.2, 0.25) is 0 Å². The highest BCUT2D eigenvalue weighted by Crippen LogP contribution is 2.15. The minimum atomic E-state index is -0.547. The number of carbonyl (C=O) groups excluding carboxylic acids is 1. The molecule has 16 heavy (non-hydrogen) atoms. The number of nitrogens with zero attached hydrogens (tertiary/aromatic N) is 1. The topological polar surface area (TPSA) is 52.9 Å². The average Bonchev–Trinajstić information content (AvgIpc) is 2.25. The van der Waals surface area contributed by atoms with Gasteiger partial charge in [-0.25, -0.2) is 4.39 Å². The number of halogens is 2. The molecule has 1 aromatic rings. The van der Waals surface area contributed by atoms with Gasteiger partial charge in [0.05, 0.1) is 17.6 Å². The highest BCUT2D eigenvalue weighted by molar-refractivity contribution is 14.1. The molecule has 0 aliphatic heterocycles. The fraction of sp³-hybridized carbons (Fsp3) is 0.273. The molecule has 0 heterocycles. The van der Waals surface area contributed by atoms with Crippen LogP contribution < -0.4 is 5.32 Å². The van der Waals surface area contributed by atoms with Gasteiger partial charge in [0.15, 0.2) is 0 Å². The fourth-order valence-corrected chi connectivity index (χ4v) is 1.80.